The minimum Gasteiger partial charge on any atom is -0.493 e. The number of halogens is 1. The maximum atomic E-state index is 10.7. The minimum absolute atomic E-state index is 0.640. The summed E-state index contributed by atoms with van der Waals surface area (Å²) < 4.78 is 6.44. The molecule has 1 fully saturated rings. The molecule has 2 rings (SSSR count). The van der Waals surface area contributed by atoms with Gasteiger partial charge in [0.1, 0.15) is 5.75 Å². The van der Waals surface area contributed by atoms with Crippen LogP contribution in [0.2, 0.25) is 0 Å². The van der Waals surface area contributed by atoms with E-state index in [1.807, 2.05) is 12.1 Å². The fraction of sp³-hybridized carbons (Fsp3) is 0.417. The van der Waals surface area contributed by atoms with Crippen LogP contribution in [0.3, 0.4) is 0 Å². The van der Waals surface area contributed by atoms with Crippen molar-refractivity contribution in [2.24, 2.45) is 5.92 Å². The van der Waals surface area contributed by atoms with E-state index in [0.717, 1.165) is 23.1 Å². The molecule has 0 unspecified atom stereocenters. The van der Waals surface area contributed by atoms with E-state index in [1.165, 1.54) is 19.3 Å². The van der Waals surface area contributed by atoms with Gasteiger partial charge in [-0.05, 0) is 37.0 Å². The van der Waals surface area contributed by atoms with Crippen LogP contribution in [0.1, 0.15) is 29.6 Å². The van der Waals surface area contributed by atoms with Gasteiger partial charge in [-0.3, -0.25) is 4.79 Å². The molecule has 3 heteroatoms. The average Bonchev–Trinajstić information content (AvgIpc) is 2.18. The van der Waals surface area contributed by atoms with Gasteiger partial charge in [0, 0.05) is 10.0 Å². The Morgan fingerprint density at radius 1 is 1.47 bits per heavy atom. The molecular formula is C12H13BrO2. The Labute approximate surface area is 97.8 Å². The van der Waals surface area contributed by atoms with E-state index in [1.54, 1.807) is 6.07 Å². The van der Waals surface area contributed by atoms with Crippen LogP contribution < -0.4 is 4.74 Å². The van der Waals surface area contributed by atoms with Crippen LogP contribution in [0.5, 0.6) is 5.75 Å². The molecule has 1 aliphatic rings. The molecular weight excluding hydrogens is 256 g/mol. The monoisotopic (exact) mass is 268 g/mol. The molecule has 0 atom stereocenters. The molecule has 0 spiro atoms. The third-order valence-electron chi connectivity index (χ3n) is 2.80. The largest absolute Gasteiger partial charge is 0.493 e. The first kappa shape index (κ1) is 10.7. The van der Waals surface area contributed by atoms with E-state index >= 15 is 0 Å². The predicted octanol–water partition coefficient (Wildman–Crippen LogP) is 3.44. The van der Waals surface area contributed by atoms with Crippen molar-refractivity contribution in [2.75, 3.05) is 6.61 Å². The number of ether oxygens (including phenoxy) is 1. The lowest BCUT2D eigenvalue weighted by Gasteiger charge is -2.25. The Hall–Kier alpha value is -0.830. The Balaban J connectivity index is 1.98. The number of hydrogen-bond acceptors (Lipinski definition) is 2. The molecule has 1 aromatic carbocycles. The maximum absolute atomic E-state index is 10.7. The van der Waals surface area contributed by atoms with Crippen LogP contribution in [0.25, 0.3) is 0 Å². The van der Waals surface area contributed by atoms with Crippen LogP contribution in [-0.4, -0.2) is 12.9 Å². The number of carbonyl (C=O) groups is 1. The van der Waals surface area contributed by atoms with Gasteiger partial charge in [-0.1, -0.05) is 22.4 Å². The number of rotatable bonds is 4. The summed E-state index contributed by atoms with van der Waals surface area (Å²) in [6, 6.07) is 5.51. The van der Waals surface area contributed by atoms with Gasteiger partial charge in [-0.2, -0.15) is 0 Å². The van der Waals surface area contributed by atoms with Gasteiger partial charge >= 0.3 is 0 Å². The first-order valence-corrected chi connectivity index (χ1v) is 5.96. The molecule has 80 valence electrons. The molecule has 0 saturated heterocycles. The summed E-state index contributed by atoms with van der Waals surface area (Å²) in [4.78, 5) is 10.7. The van der Waals surface area contributed by atoms with Crippen LogP contribution in [-0.2, 0) is 0 Å². The molecule has 0 N–H and O–H groups in total. The first-order valence-electron chi connectivity index (χ1n) is 5.17. The van der Waals surface area contributed by atoms with E-state index in [2.05, 4.69) is 15.9 Å². The molecule has 0 radical (unpaired) electrons. The predicted molar refractivity (Wildman–Crippen MR) is 62.4 cm³/mol. The van der Waals surface area contributed by atoms with Crippen molar-refractivity contribution in [1.82, 2.24) is 0 Å². The highest BCUT2D eigenvalue weighted by Gasteiger charge is 2.17. The van der Waals surface area contributed by atoms with Crippen molar-refractivity contribution in [3.8, 4) is 5.75 Å². The normalized spacial score (nSPS) is 15.8. The van der Waals surface area contributed by atoms with Gasteiger partial charge in [-0.25, -0.2) is 0 Å². The van der Waals surface area contributed by atoms with Crippen LogP contribution in [0.15, 0.2) is 22.7 Å². The summed E-state index contributed by atoms with van der Waals surface area (Å²) in [5.74, 6) is 1.50. The Bertz CT molecular complexity index is 359. The highest BCUT2D eigenvalue weighted by molar-refractivity contribution is 9.10. The van der Waals surface area contributed by atoms with Gasteiger partial charge in [0.25, 0.3) is 0 Å². The van der Waals surface area contributed by atoms with Gasteiger partial charge < -0.3 is 4.74 Å². The summed E-state index contributed by atoms with van der Waals surface area (Å²) in [6.45, 7) is 0.778. The Morgan fingerprint density at radius 3 is 2.87 bits per heavy atom. The van der Waals surface area contributed by atoms with Crippen molar-refractivity contribution in [3.63, 3.8) is 0 Å². The van der Waals surface area contributed by atoms with Gasteiger partial charge in [0.15, 0.2) is 6.29 Å². The number of benzene rings is 1. The first-order chi connectivity index (χ1) is 7.29. The fourth-order valence-electron chi connectivity index (χ4n) is 1.58. The molecule has 1 aliphatic carbocycles. The van der Waals surface area contributed by atoms with Crippen LogP contribution in [0, 0.1) is 5.92 Å². The molecule has 0 heterocycles. The highest BCUT2D eigenvalue weighted by atomic mass is 79.9. The van der Waals surface area contributed by atoms with Crippen molar-refractivity contribution in [3.05, 3.63) is 28.2 Å². The standard InChI is InChI=1S/C12H13BrO2/c13-12-5-4-11(6-10(12)7-14)15-8-9-2-1-3-9/h4-7,9H,1-3,8H2. The fourth-order valence-corrected chi connectivity index (χ4v) is 1.92. The van der Waals surface area contributed by atoms with Gasteiger partial charge in [-0.15, -0.1) is 0 Å². The van der Waals surface area contributed by atoms with E-state index < -0.39 is 0 Å². The number of carbonyl (C=O) groups excluding carboxylic acids is 1. The summed E-state index contributed by atoms with van der Waals surface area (Å²) in [5, 5.41) is 0. The van der Waals surface area contributed by atoms with Crippen molar-refractivity contribution >= 4 is 22.2 Å². The summed E-state index contributed by atoms with van der Waals surface area (Å²) in [5.41, 5.74) is 0.640. The smallest absolute Gasteiger partial charge is 0.151 e. The molecule has 0 amide bonds. The molecule has 1 saturated carbocycles. The maximum Gasteiger partial charge on any atom is 0.151 e. The van der Waals surface area contributed by atoms with Crippen LogP contribution >= 0.6 is 15.9 Å². The molecule has 1 aromatic rings. The van der Waals surface area contributed by atoms with E-state index in [4.69, 9.17) is 4.74 Å². The zero-order valence-electron chi connectivity index (χ0n) is 8.41. The second-order valence-corrected chi connectivity index (χ2v) is 4.76. The third kappa shape index (κ3) is 2.59. The molecule has 2 nitrogen and oxygen atoms in total. The summed E-state index contributed by atoms with van der Waals surface area (Å²) in [7, 11) is 0. The Kier molecular flexibility index (Phi) is 3.41. The number of hydrogen-bond donors (Lipinski definition) is 0. The quantitative estimate of drug-likeness (QED) is 0.782. The average molecular weight is 269 g/mol. The number of aldehydes is 1. The second-order valence-electron chi connectivity index (χ2n) is 3.91. The van der Waals surface area contributed by atoms with E-state index in [-0.39, 0.29) is 0 Å². The lowest BCUT2D eigenvalue weighted by atomic mass is 9.86. The molecule has 15 heavy (non-hydrogen) atoms. The second kappa shape index (κ2) is 4.79. The van der Waals surface area contributed by atoms with Crippen molar-refractivity contribution in [1.29, 1.82) is 0 Å². The van der Waals surface area contributed by atoms with E-state index in [0.29, 0.717) is 11.5 Å². The highest BCUT2D eigenvalue weighted by Crippen LogP contribution is 2.28. The summed E-state index contributed by atoms with van der Waals surface area (Å²) >= 11 is 3.31. The lowest BCUT2D eigenvalue weighted by Crippen LogP contribution is -2.19. The van der Waals surface area contributed by atoms with E-state index in [9.17, 15) is 4.79 Å². The van der Waals surface area contributed by atoms with Crippen molar-refractivity contribution in [2.45, 2.75) is 19.3 Å². The van der Waals surface area contributed by atoms with Crippen molar-refractivity contribution < 1.29 is 9.53 Å². The zero-order valence-corrected chi connectivity index (χ0v) is 10.00. The van der Waals surface area contributed by atoms with Crippen LogP contribution in [0.4, 0.5) is 0 Å². The molecule has 0 aromatic heterocycles. The lowest BCUT2D eigenvalue weighted by molar-refractivity contribution is 0.112. The van der Waals surface area contributed by atoms with Gasteiger partial charge in [0.05, 0.1) is 6.61 Å². The minimum atomic E-state index is 0.640. The zero-order chi connectivity index (χ0) is 10.7. The Morgan fingerprint density at radius 2 is 2.27 bits per heavy atom. The summed E-state index contributed by atoms with van der Waals surface area (Å²) in [6.07, 6.45) is 4.71. The van der Waals surface area contributed by atoms with Gasteiger partial charge in [0.2, 0.25) is 0 Å². The topological polar surface area (TPSA) is 26.3 Å². The molecule has 0 bridgehead atoms. The third-order valence-corrected chi connectivity index (χ3v) is 3.53. The SMILES string of the molecule is O=Cc1cc(OCC2CCC2)ccc1Br. The molecule has 0 aliphatic heterocycles.